The second-order valence-electron chi connectivity index (χ2n) is 8.79. The van der Waals surface area contributed by atoms with Crippen LogP contribution in [0.3, 0.4) is 0 Å². The fourth-order valence-electron chi connectivity index (χ4n) is 4.00. The van der Waals surface area contributed by atoms with E-state index >= 15 is 0 Å². The predicted octanol–water partition coefficient (Wildman–Crippen LogP) is 2.85. The van der Waals surface area contributed by atoms with Crippen LogP contribution < -0.4 is 10.1 Å². The molecule has 186 valence electrons. The minimum absolute atomic E-state index is 0.0385. The summed E-state index contributed by atoms with van der Waals surface area (Å²) in [6.07, 6.45) is -3.98. The molecule has 0 radical (unpaired) electrons. The molecule has 4 atom stereocenters. The number of halogens is 2. The van der Waals surface area contributed by atoms with Gasteiger partial charge in [0.25, 0.3) is 5.91 Å². The van der Waals surface area contributed by atoms with E-state index < -0.39 is 41.5 Å². The molecule has 0 saturated heterocycles. The Kier molecular flexibility index (Phi) is 8.59. The molecule has 3 rings (SSSR count). The first-order valence-corrected chi connectivity index (χ1v) is 11.1. The molecule has 0 heterocycles. The number of ether oxygens (including phenoxy) is 3. The lowest BCUT2D eigenvalue weighted by molar-refractivity contribution is -0.200. The SMILES string of the molecule is COc1cccc(CO[C@]2(C(=O)NC(C)C)CC(OCc3cccc(F)c3F)[C@H](O)[C@H](O)C2)c1. The molecule has 34 heavy (non-hydrogen) atoms. The summed E-state index contributed by atoms with van der Waals surface area (Å²) in [5, 5.41) is 24.0. The predicted molar refractivity (Wildman–Crippen MR) is 120 cm³/mol. The van der Waals surface area contributed by atoms with Gasteiger partial charge in [0.15, 0.2) is 17.2 Å². The summed E-state index contributed by atoms with van der Waals surface area (Å²) in [7, 11) is 1.54. The summed E-state index contributed by atoms with van der Waals surface area (Å²) in [6, 6.07) is 10.6. The molecule has 0 aromatic heterocycles. The van der Waals surface area contributed by atoms with Crippen LogP contribution in [0, 0.1) is 11.6 Å². The standard InChI is InChI=1S/C25H31F2NO6/c1-15(2)28-24(31)25(34-13-16-6-4-8-18(10-16)32-3)11-20(29)23(30)21(12-25)33-14-17-7-5-9-19(26)22(17)27/h4-10,15,20-21,23,29-30H,11-14H2,1-3H3,(H,28,31)/t20-,21?,23-,25+/m1/s1. The first-order valence-electron chi connectivity index (χ1n) is 11.1. The van der Waals surface area contributed by atoms with E-state index in [9.17, 15) is 23.8 Å². The van der Waals surface area contributed by atoms with Crippen molar-refractivity contribution < 1.29 is 38.0 Å². The second-order valence-corrected chi connectivity index (χ2v) is 8.79. The lowest BCUT2D eigenvalue weighted by atomic mass is 9.78. The normalized spacial score (nSPS) is 24.8. The molecular formula is C25H31F2NO6. The lowest BCUT2D eigenvalue weighted by Gasteiger charge is -2.44. The maximum Gasteiger partial charge on any atom is 0.252 e. The van der Waals surface area contributed by atoms with E-state index in [1.165, 1.54) is 12.1 Å². The molecule has 1 saturated carbocycles. The Morgan fingerprint density at radius 3 is 2.59 bits per heavy atom. The first-order chi connectivity index (χ1) is 16.1. The van der Waals surface area contributed by atoms with Gasteiger partial charge in [-0.2, -0.15) is 0 Å². The van der Waals surface area contributed by atoms with Crippen LogP contribution in [0.25, 0.3) is 0 Å². The van der Waals surface area contributed by atoms with E-state index in [1.54, 1.807) is 39.2 Å². The van der Waals surface area contributed by atoms with Crippen molar-refractivity contribution in [1.29, 1.82) is 0 Å². The second kappa shape index (κ2) is 11.2. The van der Waals surface area contributed by atoms with Crippen molar-refractivity contribution in [2.75, 3.05) is 7.11 Å². The van der Waals surface area contributed by atoms with Gasteiger partial charge < -0.3 is 29.7 Å². The number of hydrogen-bond acceptors (Lipinski definition) is 6. The Hall–Kier alpha value is -2.59. The zero-order chi connectivity index (χ0) is 24.9. The van der Waals surface area contributed by atoms with Gasteiger partial charge in [0.2, 0.25) is 0 Å². The van der Waals surface area contributed by atoms with E-state index in [-0.39, 0.29) is 37.7 Å². The molecular weight excluding hydrogens is 448 g/mol. The lowest BCUT2D eigenvalue weighted by Crippen LogP contribution is -2.61. The van der Waals surface area contributed by atoms with E-state index in [0.717, 1.165) is 11.6 Å². The first kappa shape index (κ1) is 26.0. The Morgan fingerprint density at radius 2 is 1.88 bits per heavy atom. The average molecular weight is 480 g/mol. The summed E-state index contributed by atoms with van der Waals surface area (Å²) >= 11 is 0. The van der Waals surface area contributed by atoms with E-state index in [1.807, 2.05) is 6.07 Å². The number of methoxy groups -OCH3 is 1. The van der Waals surface area contributed by atoms with Crippen molar-refractivity contribution in [3.63, 3.8) is 0 Å². The van der Waals surface area contributed by atoms with Crippen molar-refractivity contribution >= 4 is 5.91 Å². The topological polar surface area (TPSA) is 97.3 Å². The quantitative estimate of drug-likeness (QED) is 0.512. The molecule has 0 bridgehead atoms. The molecule has 1 aliphatic rings. The maximum atomic E-state index is 14.1. The Labute approximate surface area is 197 Å². The zero-order valence-corrected chi connectivity index (χ0v) is 19.5. The molecule has 0 aliphatic heterocycles. The van der Waals surface area contributed by atoms with Gasteiger partial charge in [0.1, 0.15) is 11.9 Å². The van der Waals surface area contributed by atoms with Gasteiger partial charge in [-0.1, -0.05) is 24.3 Å². The Bertz CT molecular complexity index is 988. The zero-order valence-electron chi connectivity index (χ0n) is 19.5. The van der Waals surface area contributed by atoms with Crippen LogP contribution in [-0.2, 0) is 27.5 Å². The van der Waals surface area contributed by atoms with Crippen LogP contribution in [-0.4, -0.2) is 53.2 Å². The molecule has 2 aromatic rings. The minimum Gasteiger partial charge on any atom is -0.497 e. The van der Waals surface area contributed by atoms with Crippen molar-refractivity contribution in [3.8, 4) is 5.75 Å². The fourth-order valence-corrected chi connectivity index (χ4v) is 4.00. The van der Waals surface area contributed by atoms with Crippen molar-refractivity contribution in [3.05, 3.63) is 65.2 Å². The number of hydrogen-bond donors (Lipinski definition) is 3. The maximum absolute atomic E-state index is 14.1. The number of carbonyl (C=O) groups is 1. The minimum atomic E-state index is -1.52. The Balaban J connectivity index is 1.83. The van der Waals surface area contributed by atoms with Crippen molar-refractivity contribution in [1.82, 2.24) is 5.32 Å². The van der Waals surface area contributed by atoms with Gasteiger partial charge in [-0.15, -0.1) is 0 Å². The highest BCUT2D eigenvalue weighted by Crippen LogP contribution is 2.36. The van der Waals surface area contributed by atoms with Gasteiger partial charge in [-0.25, -0.2) is 8.78 Å². The van der Waals surface area contributed by atoms with Crippen LogP contribution in [0.1, 0.15) is 37.8 Å². The molecule has 1 amide bonds. The molecule has 1 aliphatic carbocycles. The number of aliphatic hydroxyl groups excluding tert-OH is 2. The Morgan fingerprint density at radius 1 is 1.15 bits per heavy atom. The third-order valence-electron chi connectivity index (χ3n) is 5.81. The highest BCUT2D eigenvalue weighted by atomic mass is 19.2. The number of benzene rings is 2. The molecule has 7 nitrogen and oxygen atoms in total. The van der Waals surface area contributed by atoms with E-state index in [4.69, 9.17) is 14.2 Å². The number of carbonyl (C=O) groups excluding carboxylic acids is 1. The smallest absolute Gasteiger partial charge is 0.252 e. The number of aliphatic hydroxyl groups is 2. The van der Waals surface area contributed by atoms with Crippen LogP contribution >= 0.6 is 0 Å². The van der Waals surface area contributed by atoms with Gasteiger partial charge in [-0.3, -0.25) is 4.79 Å². The summed E-state index contributed by atoms with van der Waals surface area (Å²) in [4.78, 5) is 13.2. The fraction of sp³-hybridized carbons (Fsp3) is 0.480. The van der Waals surface area contributed by atoms with Crippen LogP contribution in [0.2, 0.25) is 0 Å². The number of amides is 1. The van der Waals surface area contributed by atoms with Gasteiger partial charge >= 0.3 is 0 Å². The highest BCUT2D eigenvalue weighted by molar-refractivity contribution is 5.85. The molecule has 1 unspecified atom stereocenters. The third kappa shape index (κ3) is 6.09. The molecule has 1 fully saturated rings. The average Bonchev–Trinajstić information content (AvgIpc) is 2.81. The highest BCUT2D eigenvalue weighted by Gasteiger charge is 2.51. The van der Waals surface area contributed by atoms with E-state index in [0.29, 0.717) is 5.75 Å². The summed E-state index contributed by atoms with van der Waals surface area (Å²) < 4.78 is 44.6. The summed E-state index contributed by atoms with van der Waals surface area (Å²) in [5.41, 5.74) is -0.810. The summed E-state index contributed by atoms with van der Waals surface area (Å²) in [6.45, 7) is 3.28. The molecule has 9 heteroatoms. The van der Waals surface area contributed by atoms with Gasteiger partial charge in [0, 0.05) is 24.4 Å². The third-order valence-corrected chi connectivity index (χ3v) is 5.81. The van der Waals surface area contributed by atoms with Crippen molar-refractivity contribution in [2.24, 2.45) is 0 Å². The molecule has 3 N–H and O–H groups in total. The van der Waals surface area contributed by atoms with Crippen LogP contribution in [0.5, 0.6) is 5.75 Å². The van der Waals surface area contributed by atoms with E-state index in [2.05, 4.69) is 5.32 Å². The number of rotatable bonds is 9. The van der Waals surface area contributed by atoms with Crippen molar-refractivity contribution in [2.45, 2.75) is 69.9 Å². The monoisotopic (exact) mass is 479 g/mol. The molecule has 2 aromatic carbocycles. The van der Waals surface area contributed by atoms with Gasteiger partial charge in [0.05, 0.1) is 32.5 Å². The van der Waals surface area contributed by atoms with Crippen LogP contribution in [0.4, 0.5) is 8.78 Å². The largest absolute Gasteiger partial charge is 0.497 e. The number of nitrogens with one attached hydrogen (secondary N) is 1. The molecule has 0 spiro atoms. The van der Waals surface area contributed by atoms with Crippen LogP contribution in [0.15, 0.2) is 42.5 Å². The van der Waals surface area contributed by atoms with Gasteiger partial charge in [-0.05, 0) is 37.6 Å². The summed E-state index contributed by atoms with van der Waals surface area (Å²) in [5.74, 6) is -1.90.